The molecule has 0 N–H and O–H groups in total. The van der Waals surface area contributed by atoms with Crippen LogP contribution < -0.4 is 4.74 Å². The number of nitrogens with zero attached hydrogens (tertiary/aromatic N) is 1. The number of hydrogen-bond acceptors (Lipinski definition) is 3. The van der Waals surface area contributed by atoms with Crippen LogP contribution in [0.1, 0.15) is 45.5 Å². The van der Waals surface area contributed by atoms with Gasteiger partial charge in [0, 0.05) is 12.1 Å². The molecule has 5 rings (SSSR count). The van der Waals surface area contributed by atoms with Crippen LogP contribution >= 0.6 is 0 Å². The topological polar surface area (TPSA) is 29.5 Å². The minimum absolute atomic E-state index is 0.326. The molecule has 0 aromatic heterocycles. The number of carbonyl (C=O) groups is 1. The molecule has 32 heavy (non-hydrogen) atoms. The summed E-state index contributed by atoms with van der Waals surface area (Å²) < 4.78 is 5.28. The van der Waals surface area contributed by atoms with Crippen LogP contribution in [0.15, 0.2) is 72.8 Å². The predicted molar refractivity (Wildman–Crippen MR) is 128 cm³/mol. The monoisotopic (exact) mass is 425 g/mol. The van der Waals surface area contributed by atoms with Crippen LogP contribution in [0.25, 0.3) is 0 Å². The molecular formula is C29H31NO2. The van der Waals surface area contributed by atoms with Crippen LogP contribution in [-0.2, 0) is 18.4 Å². The lowest BCUT2D eigenvalue weighted by atomic mass is 9.64. The minimum atomic E-state index is -0.429. The first kappa shape index (κ1) is 21.0. The Morgan fingerprint density at radius 1 is 0.969 bits per heavy atom. The second kappa shape index (κ2) is 8.55. The van der Waals surface area contributed by atoms with E-state index >= 15 is 0 Å². The van der Waals surface area contributed by atoms with Crippen molar-refractivity contribution in [2.24, 2.45) is 5.92 Å². The molecule has 1 fully saturated rings. The van der Waals surface area contributed by atoms with Gasteiger partial charge in [-0.1, -0.05) is 66.2 Å². The third-order valence-corrected chi connectivity index (χ3v) is 7.52. The van der Waals surface area contributed by atoms with E-state index in [4.69, 9.17) is 4.74 Å². The van der Waals surface area contributed by atoms with Crippen LogP contribution in [0, 0.1) is 12.8 Å². The Labute approximate surface area is 191 Å². The van der Waals surface area contributed by atoms with Gasteiger partial charge in [-0.3, -0.25) is 9.69 Å². The van der Waals surface area contributed by atoms with Crippen LogP contribution in [0.5, 0.6) is 5.75 Å². The Bertz CT molecular complexity index is 1110. The van der Waals surface area contributed by atoms with E-state index in [2.05, 4.69) is 60.4 Å². The maximum Gasteiger partial charge on any atom is 0.174 e. The summed E-state index contributed by atoms with van der Waals surface area (Å²) in [5.74, 6) is 1.58. The van der Waals surface area contributed by atoms with Crippen LogP contribution in [-0.4, -0.2) is 30.9 Å². The number of likely N-dealkylation sites (tertiary alicyclic amines) is 1. The second-order valence-corrected chi connectivity index (χ2v) is 9.40. The quantitative estimate of drug-likeness (QED) is 0.533. The summed E-state index contributed by atoms with van der Waals surface area (Å²) in [5.41, 5.74) is 5.44. The van der Waals surface area contributed by atoms with Gasteiger partial charge in [0.05, 0.1) is 12.5 Å². The molecule has 0 radical (unpaired) electrons. The summed E-state index contributed by atoms with van der Waals surface area (Å²) in [6.45, 7) is 5.12. The molecule has 0 bridgehead atoms. The Morgan fingerprint density at radius 2 is 1.72 bits per heavy atom. The molecule has 1 heterocycles. The van der Waals surface area contributed by atoms with E-state index in [1.165, 1.54) is 22.3 Å². The molecule has 3 nitrogen and oxygen atoms in total. The number of carbonyl (C=O) groups excluding carboxylic acids is 1. The van der Waals surface area contributed by atoms with Crippen molar-refractivity contribution >= 4 is 5.78 Å². The summed E-state index contributed by atoms with van der Waals surface area (Å²) in [7, 11) is 1.70. The number of rotatable bonds is 5. The Morgan fingerprint density at radius 3 is 2.41 bits per heavy atom. The Kier molecular flexibility index (Phi) is 5.60. The van der Waals surface area contributed by atoms with Crippen molar-refractivity contribution in [1.29, 1.82) is 0 Å². The number of methoxy groups -OCH3 is 1. The van der Waals surface area contributed by atoms with Crippen molar-refractivity contribution in [1.82, 2.24) is 4.90 Å². The van der Waals surface area contributed by atoms with E-state index in [0.717, 1.165) is 50.2 Å². The van der Waals surface area contributed by atoms with Gasteiger partial charge in [0.2, 0.25) is 0 Å². The van der Waals surface area contributed by atoms with Crippen molar-refractivity contribution < 1.29 is 9.53 Å². The number of ether oxygens (including phenoxy) is 1. The second-order valence-electron chi connectivity index (χ2n) is 9.40. The van der Waals surface area contributed by atoms with Gasteiger partial charge in [-0.2, -0.15) is 0 Å². The van der Waals surface area contributed by atoms with Crippen molar-refractivity contribution in [3.63, 3.8) is 0 Å². The summed E-state index contributed by atoms with van der Waals surface area (Å²) in [6.07, 6.45) is 2.92. The molecule has 164 valence electrons. The number of ketones is 1. The molecule has 3 aromatic rings. The molecule has 1 saturated heterocycles. The van der Waals surface area contributed by atoms with E-state index in [1.807, 2.05) is 24.3 Å². The molecule has 3 heteroatoms. The molecule has 0 spiro atoms. The van der Waals surface area contributed by atoms with E-state index in [9.17, 15) is 4.79 Å². The standard InChI is InChI=1S/C29H31NO2/c1-21-6-5-8-25(18-21)29(19-23-7-3-4-9-27(23)28(29)31)24-14-16-30(17-15-24)20-22-10-12-26(32-2)13-11-22/h3-13,18,24H,14-17,19-20H2,1-2H3. The van der Waals surface area contributed by atoms with Crippen LogP contribution in [0.2, 0.25) is 0 Å². The first-order chi connectivity index (χ1) is 15.6. The Balaban J connectivity index is 1.39. The average molecular weight is 426 g/mol. The SMILES string of the molecule is COc1ccc(CN2CCC(C3(c4cccc(C)c4)Cc4ccccc4C3=O)CC2)cc1. The number of aryl methyl sites for hydroxylation is 1. The predicted octanol–water partition coefficient (Wildman–Crippen LogP) is 5.59. The van der Waals surface area contributed by atoms with Gasteiger partial charge < -0.3 is 4.74 Å². The van der Waals surface area contributed by atoms with Crippen molar-refractivity contribution in [2.75, 3.05) is 20.2 Å². The van der Waals surface area contributed by atoms with Gasteiger partial charge in [-0.15, -0.1) is 0 Å². The maximum atomic E-state index is 13.9. The van der Waals surface area contributed by atoms with Crippen LogP contribution in [0.4, 0.5) is 0 Å². The first-order valence-corrected chi connectivity index (χ1v) is 11.7. The lowest BCUT2D eigenvalue weighted by Gasteiger charge is -2.42. The fourth-order valence-electron chi connectivity index (χ4n) is 5.81. The molecule has 2 aliphatic rings. The number of piperidine rings is 1. The largest absolute Gasteiger partial charge is 0.497 e. The van der Waals surface area contributed by atoms with Crippen molar-refractivity contribution in [3.05, 3.63) is 101 Å². The van der Waals surface area contributed by atoms with Gasteiger partial charge in [0.1, 0.15) is 5.75 Å². The van der Waals surface area contributed by atoms with E-state index in [0.29, 0.717) is 11.7 Å². The van der Waals surface area contributed by atoms with Gasteiger partial charge in [0.15, 0.2) is 5.78 Å². The third-order valence-electron chi connectivity index (χ3n) is 7.52. The highest BCUT2D eigenvalue weighted by Gasteiger charge is 2.52. The normalized spacial score (nSPS) is 21.5. The molecular weight excluding hydrogens is 394 g/mol. The van der Waals surface area contributed by atoms with Crippen LogP contribution in [0.3, 0.4) is 0 Å². The molecule has 3 aromatic carbocycles. The molecule has 1 aliphatic carbocycles. The summed E-state index contributed by atoms with van der Waals surface area (Å²) >= 11 is 0. The fourth-order valence-corrected chi connectivity index (χ4v) is 5.81. The molecule has 1 aliphatic heterocycles. The van der Waals surface area contributed by atoms with E-state index in [-0.39, 0.29) is 0 Å². The van der Waals surface area contributed by atoms with Crippen molar-refractivity contribution in [2.45, 2.75) is 38.1 Å². The zero-order valence-electron chi connectivity index (χ0n) is 19.0. The highest BCUT2D eigenvalue weighted by Crippen LogP contribution is 2.48. The number of benzene rings is 3. The van der Waals surface area contributed by atoms with E-state index in [1.54, 1.807) is 7.11 Å². The summed E-state index contributed by atoms with van der Waals surface area (Å²) in [4.78, 5) is 16.5. The van der Waals surface area contributed by atoms with Gasteiger partial charge in [0.25, 0.3) is 0 Å². The third kappa shape index (κ3) is 3.65. The number of Topliss-reactive ketones (excluding diaryl/α,β-unsaturated/α-hetero) is 1. The molecule has 1 atom stereocenters. The first-order valence-electron chi connectivity index (χ1n) is 11.7. The van der Waals surface area contributed by atoms with E-state index < -0.39 is 5.41 Å². The average Bonchev–Trinajstić information content (AvgIpc) is 3.13. The van der Waals surface area contributed by atoms with Crippen molar-refractivity contribution in [3.8, 4) is 5.75 Å². The summed E-state index contributed by atoms with van der Waals surface area (Å²) in [5, 5.41) is 0. The molecule has 0 amide bonds. The number of fused-ring (bicyclic) bond motifs is 1. The zero-order valence-corrected chi connectivity index (χ0v) is 19.0. The lowest BCUT2D eigenvalue weighted by Crippen LogP contribution is -2.47. The molecule has 1 unspecified atom stereocenters. The number of hydrogen-bond donors (Lipinski definition) is 0. The van der Waals surface area contributed by atoms with Gasteiger partial charge >= 0.3 is 0 Å². The van der Waals surface area contributed by atoms with Gasteiger partial charge in [-0.25, -0.2) is 0 Å². The Hall–Kier alpha value is -2.91. The lowest BCUT2D eigenvalue weighted by molar-refractivity contribution is 0.0735. The zero-order chi connectivity index (χ0) is 22.1. The highest BCUT2D eigenvalue weighted by atomic mass is 16.5. The van der Waals surface area contributed by atoms with Gasteiger partial charge in [-0.05, 0) is 74.0 Å². The summed E-state index contributed by atoms with van der Waals surface area (Å²) in [6, 6.07) is 25.3. The highest BCUT2D eigenvalue weighted by molar-refractivity contribution is 6.08. The minimum Gasteiger partial charge on any atom is -0.497 e. The molecule has 0 saturated carbocycles. The maximum absolute atomic E-state index is 13.9. The fraction of sp³-hybridized carbons (Fsp3) is 0.345. The smallest absolute Gasteiger partial charge is 0.174 e.